The molecule has 0 N–H and O–H groups in total. The molecule has 0 spiro atoms. The van der Waals surface area contributed by atoms with E-state index in [2.05, 4.69) is 6.92 Å². The fourth-order valence-corrected chi connectivity index (χ4v) is 4.81. The van der Waals surface area contributed by atoms with Crippen molar-refractivity contribution in [2.24, 2.45) is 0 Å². The maximum Gasteiger partial charge on any atom is 0.295 e. The predicted molar refractivity (Wildman–Crippen MR) is 145 cm³/mol. The standard InChI is InChI=1S/C31H30FNO5/c1-5-7-14-37-25-12-9-20(16-26(25)36-6-2)28-27-29(34)23-17-21(32)10-13-24(23)38-30(27)31(35)33(28)22-11-8-18(3)19(4)15-22/h8-13,15-17,28H,5-7,14H2,1-4H3. The summed E-state index contributed by atoms with van der Waals surface area (Å²) in [7, 11) is 0. The van der Waals surface area contributed by atoms with E-state index >= 15 is 0 Å². The van der Waals surface area contributed by atoms with E-state index < -0.39 is 23.2 Å². The van der Waals surface area contributed by atoms with Gasteiger partial charge in [0.05, 0.1) is 30.2 Å². The Labute approximate surface area is 220 Å². The molecule has 6 nitrogen and oxygen atoms in total. The second-order valence-corrected chi connectivity index (χ2v) is 9.50. The smallest absolute Gasteiger partial charge is 0.295 e. The zero-order valence-corrected chi connectivity index (χ0v) is 22.0. The minimum atomic E-state index is -0.799. The lowest BCUT2D eigenvalue weighted by atomic mass is 9.97. The van der Waals surface area contributed by atoms with Crippen LogP contribution in [0, 0.1) is 19.7 Å². The van der Waals surface area contributed by atoms with Gasteiger partial charge in [-0.05, 0) is 86.3 Å². The molecule has 7 heteroatoms. The summed E-state index contributed by atoms with van der Waals surface area (Å²) >= 11 is 0. The topological polar surface area (TPSA) is 69.0 Å². The van der Waals surface area contributed by atoms with Crippen LogP contribution in [0.25, 0.3) is 11.0 Å². The molecule has 0 aliphatic carbocycles. The molecule has 196 valence electrons. The van der Waals surface area contributed by atoms with Gasteiger partial charge in [0.15, 0.2) is 16.9 Å². The molecule has 1 unspecified atom stereocenters. The van der Waals surface area contributed by atoms with E-state index in [1.54, 1.807) is 17.0 Å². The van der Waals surface area contributed by atoms with Crippen LogP contribution in [0.15, 0.2) is 63.8 Å². The van der Waals surface area contributed by atoms with Crippen molar-refractivity contribution in [2.75, 3.05) is 18.1 Å². The predicted octanol–water partition coefficient (Wildman–Crippen LogP) is 6.88. The van der Waals surface area contributed by atoms with Gasteiger partial charge in [0.25, 0.3) is 5.91 Å². The highest BCUT2D eigenvalue weighted by molar-refractivity contribution is 6.10. The highest BCUT2D eigenvalue weighted by Gasteiger charge is 2.44. The molecule has 0 radical (unpaired) electrons. The number of nitrogens with zero attached hydrogens (tertiary/aromatic N) is 1. The van der Waals surface area contributed by atoms with E-state index in [-0.39, 0.29) is 22.3 Å². The van der Waals surface area contributed by atoms with E-state index in [4.69, 9.17) is 13.9 Å². The van der Waals surface area contributed by atoms with Crippen molar-refractivity contribution in [3.63, 3.8) is 0 Å². The Morgan fingerprint density at radius 2 is 1.74 bits per heavy atom. The molecule has 2 heterocycles. The average molecular weight is 516 g/mol. The van der Waals surface area contributed by atoms with E-state index in [9.17, 15) is 14.0 Å². The number of hydrogen-bond acceptors (Lipinski definition) is 5. The van der Waals surface area contributed by atoms with Gasteiger partial charge in [0.1, 0.15) is 11.4 Å². The number of ether oxygens (including phenoxy) is 2. The van der Waals surface area contributed by atoms with Gasteiger partial charge < -0.3 is 13.9 Å². The molecule has 0 bridgehead atoms. The van der Waals surface area contributed by atoms with Gasteiger partial charge in [-0.1, -0.05) is 25.5 Å². The van der Waals surface area contributed by atoms with E-state index in [0.717, 1.165) is 30.0 Å². The number of hydrogen-bond donors (Lipinski definition) is 0. The van der Waals surface area contributed by atoms with Crippen LogP contribution >= 0.6 is 0 Å². The molecule has 0 saturated carbocycles. The maximum absolute atomic E-state index is 14.1. The number of carbonyl (C=O) groups excluding carboxylic acids is 1. The Bertz CT molecular complexity index is 1590. The third kappa shape index (κ3) is 4.42. The van der Waals surface area contributed by atoms with Crippen LogP contribution in [-0.2, 0) is 0 Å². The fourth-order valence-electron chi connectivity index (χ4n) is 4.81. The van der Waals surface area contributed by atoms with Gasteiger partial charge in [-0.25, -0.2) is 4.39 Å². The number of aryl methyl sites for hydroxylation is 2. The van der Waals surface area contributed by atoms with E-state index in [1.165, 1.54) is 12.1 Å². The van der Waals surface area contributed by atoms with Crippen LogP contribution in [0.1, 0.15) is 65.5 Å². The monoisotopic (exact) mass is 515 g/mol. The summed E-state index contributed by atoms with van der Waals surface area (Å²) < 4.78 is 31.9. The minimum Gasteiger partial charge on any atom is -0.490 e. The first kappa shape index (κ1) is 25.5. The maximum atomic E-state index is 14.1. The number of anilines is 1. The van der Waals surface area contributed by atoms with Gasteiger partial charge in [-0.2, -0.15) is 0 Å². The number of rotatable bonds is 8. The molecule has 3 aromatic carbocycles. The summed E-state index contributed by atoms with van der Waals surface area (Å²) in [5.74, 6) is 0.0948. The van der Waals surface area contributed by atoms with Crippen LogP contribution in [-0.4, -0.2) is 19.1 Å². The van der Waals surface area contributed by atoms with Crippen molar-refractivity contribution in [2.45, 2.75) is 46.6 Å². The van der Waals surface area contributed by atoms with Crippen molar-refractivity contribution in [3.05, 3.63) is 98.7 Å². The number of halogens is 1. The molecule has 1 amide bonds. The molecule has 38 heavy (non-hydrogen) atoms. The molecule has 1 aliphatic rings. The van der Waals surface area contributed by atoms with Gasteiger partial charge >= 0.3 is 0 Å². The summed E-state index contributed by atoms with van der Waals surface area (Å²) in [6, 6.07) is 14.1. The second-order valence-electron chi connectivity index (χ2n) is 9.50. The van der Waals surface area contributed by atoms with Gasteiger partial charge in [0.2, 0.25) is 5.76 Å². The average Bonchev–Trinajstić information content (AvgIpc) is 3.19. The van der Waals surface area contributed by atoms with Crippen LogP contribution in [0.4, 0.5) is 10.1 Å². The number of amides is 1. The first-order chi connectivity index (χ1) is 18.3. The molecule has 4 aromatic rings. The van der Waals surface area contributed by atoms with Crippen molar-refractivity contribution in [1.82, 2.24) is 0 Å². The number of carbonyl (C=O) groups is 1. The largest absolute Gasteiger partial charge is 0.490 e. The van der Waals surface area contributed by atoms with Gasteiger partial charge in [-0.3, -0.25) is 14.5 Å². The van der Waals surface area contributed by atoms with Crippen molar-refractivity contribution in [3.8, 4) is 11.5 Å². The third-order valence-electron chi connectivity index (χ3n) is 6.94. The lowest BCUT2D eigenvalue weighted by molar-refractivity contribution is 0.0971. The van der Waals surface area contributed by atoms with Crippen molar-refractivity contribution >= 4 is 22.6 Å². The third-order valence-corrected chi connectivity index (χ3v) is 6.94. The van der Waals surface area contributed by atoms with Gasteiger partial charge in [-0.15, -0.1) is 0 Å². The Kier molecular flexibility index (Phi) is 6.93. The molecule has 1 aromatic heterocycles. The lowest BCUT2D eigenvalue weighted by Crippen LogP contribution is -2.29. The highest BCUT2D eigenvalue weighted by atomic mass is 19.1. The van der Waals surface area contributed by atoms with Crippen molar-refractivity contribution in [1.29, 1.82) is 0 Å². The molecule has 0 saturated heterocycles. The molecule has 1 aliphatic heterocycles. The van der Waals surface area contributed by atoms with Crippen LogP contribution in [0.2, 0.25) is 0 Å². The first-order valence-electron chi connectivity index (χ1n) is 12.9. The second kappa shape index (κ2) is 10.3. The summed E-state index contributed by atoms with van der Waals surface area (Å²) in [6.45, 7) is 8.91. The van der Waals surface area contributed by atoms with E-state index in [1.807, 2.05) is 45.0 Å². The molecule has 5 rings (SSSR count). The summed E-state index contributed by atoms with van der Waals surface area (Å²) in [5, 5.41) is 0.0908. The van der Waals surface area contributed by atoms with E-state index in [0.29, 0.717) is 36.0 Å². The van der Waals surface area contributed by atoms with Crippen LogP contribution in [0.3, 0.4) is 0 Å². The Balaban J connectivity index is 1.73. The molecular weight excluding hydrogens is 485 g/mol. The first-order valence-corrected chi connectivity index (χ1v) is 12.9. The summed E-state index contributed by atoms with van der Waals surface area (Å²) in [6.07, 6.45) is 1.90. The highest BCUT2D eigenvalue weighted by Crippen LogP contribution is 2.43. The molecular formula is C31H30FNO5. The number of benzene rings is 3. The Morgan fingerprint density at radius 3 is 2.47 bits per heavy atom. The summed E-state index contributed by atoms with van der Waals surface area (Å²) in [5.41, 5.74) is 3.28. The summed E-state index contributed by atoms with van der Waals surface area (Å²) in [4.78, 5) is 29.2. The van der Waals surface area contributed by atoms with Crippen molar-refractivity contribution < 1.29 is 23.1 Å². The Hall–Kier alpha value is -4.13. The minimum absolute atomic E-state index is 0.0430. The number of fused-ring (bicyclic) bond motifs is 2. The zero-order valence-electron chi connectivity index (χ0n) is 22.0. The van der Waals surface area contributed by atoms with Gasteiger partial charge in [0, 0.05) is 5.69 Å². The normalized spacial score (nSPS) is 14.7. The fraction of sp³-hybridized carbons (Fsp3) is 0.290. The number of unbranched alkanes of at least 4 members (excludes halogenated alkanes) is 1. The Morgan fingerprint density at radius 1 is 0.921 bits per heavy atom. The zero-order chi connectivity index (χ0) is 27.0. The lowest BCUT2D eigenvalue weighted by Gasteiger charge is -2.26. The molecule has 0 fully saturated rings. The quantitative estimate of drug-likeness (QED) is 0.239. The van der Waals surface area contributed by atoms with Crippen LogP contribution in [0.5, 0.6) is 11.5 Å². The van der Waals surface area contributed by atoms with Crippen LogP contribution < -0.4 is 19.8 Å². The molecule has 1 atom stereocenters. The SMILES string of the molecule is CCCCOc1ccc(C2c3c(oc4ccc(F)cc4c3=O)C(=O)N2c2ccc(C)c(C)c2)cc1OCC.